The van der Waals surface area contributed by atoms with Crippen LogP contribution in [0.2, 0.25) is 0 Å². The van der Waals surface area contributed by atoms with E-state index < -0.39 is 5.97 Å². The Morgan fingerprint density at radius 2 is 2.16 bits per heavy atom. The molecule has 1 saturated carbocycles. The number of hydrogen-bond donors (Lipinski definition) is 2. The standard InChI is InChI=1S/C14H17NO4/c1-9-2-5-11(14(17)18)12(8-9)19-7-6-13(16)15-10-3-4-10/h2,5,8,10H,3-4,6-7H2,1H3,(H,15,16)(H,17,18). The number of benzene rings is 1. The summed E-state index contributed by atoms with van der Waals surface area (Å²) in [7, 11) is 0. The van der Waals surface area contributed by atoms with Crippen LogP contribution in [-0.2, 0) is 4.79 Å². The highest BCUT2D eigenvalue weighted by molar-refractivity contribution is 5.91. The molecule has 0 radical (unpaired) electrons. The minimum Gasteiger partial charge on any atom is -0.492 e. The number of aromatic carboxylic acids is 1. The molecular weight excluding hydrogens is 246 g/mol. The molecule has 0 unspecified atom stereocenters. The molecule has 0 atom stereocenters. The molecule has 1 aliphatic rings. The molecule has 2 rings (SSSR count). The number of ether oxygens (including phenoxy) is 1. The number of carboxylic acids is 1. The molecule has 0 spiro atoms. The van der Waals surface area contributed by atoms with Crippen molar-refractivity contribution in [2.24, 2.45) is 0 Å². The minimum atomic E-state index is -1.03. The van der Waals surface area contributed by atoms with Gasteiger partial charge < -0.3 is 15.2 Å². The van der Waals surface area contributed by atoms with Gasteiger partial charge in [-0.3, -0.25) is 4.79 Å². The average Bonchev–Trinajstić information content (AvgIpc) is 3.12. The number of hydrogen-bond acceptors (Lipinski definition) is 3. The molecule has 1 amide bonds. The van der Waals surface area contributed by atoms with E-state index in [2.05, 4.69) is 5.32 Å². The molecule has 0 bridgehead atoms. The van der Waals surface area contributed by atoms with Gasteiger partial charge in [-0.15, -0.1) is 0 Å². The lowest BCUT2D eigenvalue weighted by molar-refractivity contribution is -0.121. The summed E-state index contributed by atoms with van der Waals surface area (Å²) in [5, 5.41) is 11.9. The van der Waals surface area contributed by atoms with E-state index >= 15 is 0 Å². The average molecular weight is 263 g/mol. The van der Waals surface area contributed by atoms with Crippen molar-refractivity contribution in [1.29, 1.82) is 0 Å². The number of carbonyl (C=O) groups excluding carboxylic acids is 1. The first kappa shape index (κ1) is 13.4. The van der Waals surface area contributed by atoms with E-state index in [1.807, 2.05) is 6.92 Å². The van der Waals surface area contributed by atoms with E-state index in [0.29, 0.717) is 11.8 Å². The normalized spacial score (nSPS) is 13.9. The lowest BCUT2D eigenvalue weighted by Crippen LogP contribution is -2.26. The number of amides is 1. The lowest BCUT2D eigenvalue weighted by Gasteiger charge is -2.10. The molecule has 1 aliphatic carbocycles. The van der Waals surface area contributed by atoms with Gasteiger partial charge in [0.2, 0.25) is 5.91 Å². The summed E-state index contributed by atoms with van der Waals surface area (Å²) in [6.07, 6.45) is 2.34. The van der Waals surface area contributed by atoms with Crippen LogP contribution in [0.5, 0.6) is 5.75 Å². The largest absolute Gasteiger partial charge is 0.492 e. The van der Waals surface area contributed by atoms with Crippen LogP contribution in [0.3, 0.4) is 0 Å². The zero-order chi connectivity index (χ0) is 13.8. The Balaban J connectivity index is 1.88. The third kappa shape index (κ3) is 3.98. The molecule has 1 aromatic carbocycles. The van der Waals surface area contributed by atoms with Crippen molar-refractivity contribution in [3.63, 3.8) is 0 Å². The first-order valence-electron chi connectivity index (χ1n) is 6.32. The van der Waals surface area contributed by atoms with E-state index in [1.54, 1.807) is 12.1 Å². The molecule has 5 heteroatoms. The summed E-state index contributed by atoms with van der Waals surface area (Å²) in [4.78, 5) is 22.5. The van der Waals surface area contributed by atoms with E-state index in [4.69, 9.17) is 9.84 Å². The Morgan fingerprint density at radius 3 is 2.79 bits per heavy atom. The summed E-state index contributed by atoms with van der Waals surface area (Å²) in [6.45, 7) is 2.04. The molecule has 0 aromatic heterocycles. The van der Waals surface area contributed by atoms with Gasteiger partial charge in [0.05, 0.1) is 13.0 Å². The Hall–Kier alpha value is -2.04. The third-order valence-corrected chi connectivity index (χ3v) is 2.90. The molecule has 0 aliphatic heterocycles. The van der Waals surface area contributed by atoms with Gasteiger partial charge in [0.25, 0.3) is 0 Å². The third-order valence-electron chi connectivity index (χ3n) is 2.90. The Bertz CT molecular complexity index is 494. The summed E-state index contributed by atoms with van der Waals surface area (Å²) in [5.74, 6) is -0.767. The van der Waals surface area contributed by atoms with Gasteiger partial charge in [-0.05, 0) is 37.5 Å². The van der Waals surface area contributed by atoms with Crippen LogP contribution in [0.25, 0.3) is 0 Å². The monoisotopic (exact) mass is 263 g/mol. The molecule has 0 heterocycles. The van der Waals surface area contributed by atoms with Gasteiger partial charge in [-0.25, -0.2) is 4.79 Å². The zero-order valence-corrected chi connectivity index (χ0v) is 10.8. The number of nitrogens with one attached hydrogen (secondary N) is 1. The van der Waals surface area contributed by atoms with Crippen molar-refractivity contribution in [3.05, 3.63) is 29.3 Å². The van der Waals surface area contributed by atoms with Gasteiger partial charge in [-0.2, -0.15) is 0 Å². The van der Waals surface area contributed by atoms with Gasteiger partial charge in [0, 0.05) is 6.04 Å². The smallest absolute Gasteiger partial charge is 0.339 e. The van der Waals surface area contributed by atoms with Gasteiger partial charge in [0.15, 0.2) is 0 Å². The van der Waals surface area contributed by atoms with Crippen LogP contribution in [0.15, 0.2) is 18.2 Å². The van der Waals surface area contributed by atoms with Crippen molar-refractivity contribution in [2.75, 3.05) is 6.61 Å². The highest BCUT2D eigenvalue weighted by Crippen LogP contribution is 2.21. The van der Waals surface area contributed by atoms with Crippen LogP contribution in [-0.4, -0.2) is 29.6 Å². The minimum absolute atomic E-state index is 0.0490. The van der Waals surface area contributed by atoms with Gasteiger partial charge in [0.1, 0.15) is 11.3 Å². The highest BCUT2D eigenvalue weighted by Gasteiger charge is 2.23. The van der Waals surface area contributed by atoms with Crippen LogP contribution < -0.4 is 10.1 Å². The Kier molecular flexibility index (Phi) is 4.04. The maximum Gasteiger partial charge on any atom is 0.339 e. The van der Waals surface area contributed by atoms with E-state index in [0.717, 1.165) is 18.4 Å². The highest BCUT2D eigenvalue weighted by atomic mass is 16.5. The first-order valence-corrected chi connectivity index (χ1v) is 6.32. The second-order valence-electron chi connectivity index (χ2n) is 4.75. The van der Waals surface area contributed by atoms with Crippen LogP contribution in [0.1, 0.15) is 35.2 Å². The molecular formula is C14H17NO4. The Morgan fingerprint density at radius 1 is 1.42 bits per heavy atom. The Labute approximate surface area is 111 Å². The molecule has 2 N–H and O–H groups in total. The summed E-state index contributed by atoms with van der Waals surface area (Å²) in [5.41, 5.74) is 1.04. The van der Waals surface area contributed by atoms with E-state index in [1.165, 1.54) is 6.07 Å². The zero-order valence-electron chi connectivity index (χ0n) is 10.8. The molecule has 102 valence electrons. The number of rotatable bonds is 6. The van der Waals surface area contributed by atoms with Crippen LogP contribution in [0, 0.1) is 6.92 Å². The summed E-state index contributed by atoms with van der Waals surface area (Å²) < 4.78 is 5.41. The predicted molar refractivity (Wildman–Crippen MR) is 69.4 cm³/mol. The van der Waals surface area contributed by atoms with Crippen molar-refractivity contribution in [2.45, 2.75) is 32.2 Å². The van der Waals surface area contributed by atoms with Crippen molar-refractivity contribution in [1.82, 2.24) is 5.32 Å². The first-order chi connectivity index (χ1) is 9.06. The van der Waals surface area contributed by atoms with Gasteiger partial charge in [-0.1, -0.05) is 6.07 Å². The summed E-state index contributed by atoms with van der Waals surface area (Å²) >= 11 is 0. The molecule has 5 nitrogen and oxygen atoms in total. The fourth-order valence-corrected chi connectivity index (χ4v) is 1.71. The van der Waals surface area contributed by atoms with Crippen molar-refractivity contribution in [3.8, 4) is 5.75 Å². The molecule has 0 saturated heterocycles. The van der Waals surface area contributed by atoms with Gasteiger partial charge >= 0.3 is 5.97 Å². The van der Waals surface area contributed by atoms with Crippen LogP contribution in [0.4, 0.5) is 0 Å². The molecule has 19 heavy (non-hydrogen) atoms. The quantitative estimate of drug-likeness (QED) is 0.819. The maximum atomic E-state index is 11.5. The molecule has 1 aromatic rings. The second kappa shape index (κ2) is 5.73. The molecule has 1 fully saturated rings. The number of carboxylic acid groups (broad SMARTS) is 1. The van der Waals surface area contributed by atoms with Crippen LogP contribution >= 0.6 is 0 Å². The second-order valence-corrected chi connectivity index (χ2v) is 4.75. The van der Waals surface area contributed by atoms with Crippen molar-refractivity contribution < 1.29 is 19.4 Å². The number of aryl methyl sites for hydroxylation is 1. The summed E-state index contributed by atoms with van der Waals surface area (Å²) in [6, 6.07) is 5.23. The fourth-order valence-electron chi connectivity index (χ4n) is 1.71. The van der Waals surface area contributed by atoms with Crippen molar-refractivity contribution >= 4 is 11.9 Å². The topological polar surface area (TPSA) is 75.6 Å². The van der Waals surface area contributed by atoms with E-state index in [-0.39, 0.29) is 24.5 Å². The maximum absolute atomic E-state index is 11.5. The van der Waals surface area contributed by atoms with E-state index in [9.17, 15) is 9.59 Å². The SMILES string of the molecule is Cc1ccc(C(=O)O)c(OCCC(=O)NC2CC2)c1. The lowest BCUT2D eigenvalue weighted by atomic mass is 10.1. The number of carbonyl (C=O) groups is 2. The predicted octanol–water partition coefficient (Wildman–Crippen LogP) is 1.74. The fraction of sp³-hybridized carbons (Fsp3) is 0.429.